The van der Waals surface area contributed by atoms with E-state index in [0.717, 1.165) is 6.20 Å². The van der Waals surface area contributed by atoms with E-state index in [1.807, 2.05) is 0 Å². The minimum absolute atomic E-state index is 0.125. The van der Waals surface area contributed by atoms with Crippen LogP contribution in [0.4, 0.5) is 10.2 Å². The van der Waals surface area contributed by atoms with Gasteiger partial charge < -0.3 is 14.8 Å². The molecule has 0 spiro atoms. The van der Waals surface area contributed by atoms with Gasteiger partial charge in [0, 0.05) is 11.8 Å². The molecule has 0 fully saturated rings. The summed E-state index contributed by atoms with van der Waals surface area (Å²) < 4.78 is 24.1. The van der Waals surface area contributed by atoms with Crippen LogP contribution in [-0.4, -0.2) is 35.1 Å². The third-order valence-electron chi connectivity index (χ3n) is 3.59. The van der Waals surface area contributed by atoms with Crippen molar-refractivity contribution in [2.45, 2.75) is 0 Å². The van der Waals surface area contributed by atoms with Crippen LogP contribution in [0, 0.1) is 5.82 Å². The fraction of sp³-hybridized carbons (Fsp3) is 0.111. The van der Waals surface area contributed by atoms with Gasteiger partial charge in [0.2, 0.25) is 0 Å². The summed E-state index contributed by atoms with van der Waals surface area (Å²) >= 11 is 0. The molecule has 2 heterocycles. The molecule has 0 aliphatic heterocycles. The summed E-state index contributed by atoms with van der Waals surface area (Å²) in [7, 11) is 3.12. The molecule has 1 N–H and O–H groups in total. The number of aromatic nitrogens is 3. The molecule has 3 aromatic rings. The highest BCUT2D eigenvalue weighted by Gasteiger charge is 2.13. The maximum absolute atomic E-state index is 13.6. The van der Waals surface area contributed by atoms with E-state index in [4.69, 9.17) is 9.47 Å². The van der Waals surface area contributed by atoms with E-state index in [1.165, 1.54) is 24.7 Å². The van der Waals surface area contributed by atoms with Crippen molar-refractivity contribution >= 4 is 11.7 Å². The van der Waals surface area contributed by atoms with Crippen LogP contribution in [0.15, 0.2) is 49.1 Å². The lowest BCUT2D eigenvalue weighted by atomic mass is 10.1. The zero-order chi connectivity index (χ0) is 18.5. The standard InChI is InChI=1S/C18H15FN4O3/c1-25-11-3-4-16(26-2)13(7-11)15-9-22-17(10-21-15)23-18(24)12-5-6-20-8-14(12)19/h3-10H,1-2H3,(H,22,23,24). The van der Waals surface area contributed by atoms with Crippen LogP contribution in [0.5, 0.6) is 11.5 Å². The van der Waals surface area contributed by atoms with Gasteiger partial charge in [0.05, 0.1) is 44.1 Å². The van der Waals surface area contributed by atoms with Gasteiger partial charge in [0.15, 0.2) is 11.6 Å². The van der Waals surface area contributed by atoms with Gasteiger partial charge in [0.25, 0.3) is 5.91 Å². The summed E-state index contributed by atoms with van der Waals surface area (Å²) in [4.78, 5) is 24.1. The van der Waals surface area contributed by atoms with Crippen molar-refractivity contribution in [3.05, 3.63) is 60.4 Å². The van der Waals surface area contributed by atoms with Crippen molar-refractivity contribution in [3.8, 4) is 22.8 Å². The number of methoxy groups -OCH3 is 2. The van der Waals surface area contributed by atoms with Crippen LogP contribution in [-0.2, 0) is 0 Å². The number of rotatable bonds is 5. The topological polar surface area (TPSA) is 86.2 Å². The van der Waals surface area contributed by atoms with Crippen molar-refractivity contribution in [2.75, 3.05) is 19.5 Å². The van der Waals surface area contributed by atoms with Crippen LogP contribution >= 0.6 is 0 Å². The highest BCUT2D eigenvalue weighted by atomic mass is 19.1. The normalized spacial score (nSPS) is 10.3. The molecule has 132 valence electrons. The molecule has 1 amide bonds. The number of nitrogens with one attached hydrogen (secondary N) is 1. The van der Waals surface area contributed by atoms with E-state index < -0.39 is 11.7 Å². The van der Waals surface area contributed by atoms with E-state index >= 15 is 0 Å². The molecule has 3 rings (SSSR count). The first-order chi connectivity index (χ1) is 12.6. The van der Waals surface area contributed by atoms with Crippen LogP contribution < -0.4 is 14.8 Å². The van der Waals surface area contributed by atoms with Gasteiger partial charge in [-0.2, -0.15) is 0 Å². The first-order valence-corrected chi connectivity index (χ1v) is 7.57. The van der Waals surface area contributed by atoms with Crippen molar-refractivity contribution in [1.29, 1.82) is 0 Å². The molecule has 0 saturated carbocycles. The van der Waals surface area contributed by atoms with Crippen molar-refractivity contribution in [2.24, 2.45) is 0 Å². The van der Waals surface area contributed by atoms with E-state index in [1.54, 1.807) is 32.4 Å². The number of hydrogen-bond donors (Lipinski definition) is 1. The number of pyridine rings is 1. The van der Waals surface area contributed by atoms with Crippen LogP contribution in [0.2, 0.25) is 0 Å². The number of benzene rings is 1. The summed E-state index contributed by atoms with van der Waals surface area (Å²) in [6.07, 6.45) is 5.17. The zero-order valence-corrected chi connectivity index (χ0v) is 14.1. The summed E-state index contributed by atoms with van der Waals surface area (Å²) in [5.41, 5.74) is 1.10. The molecule has 7 nitrogen and oxygen atoms in total. The highest BCUT2D eigenvalue weighted by molar-refractivity contribution is 6.03. The Morgan fingerprint density at radius 2 is 1.92 bits per heavy atom. The molecule has 0 radical (unpaired) electrons. The number of carbonyl (C=O) groups is 1. The summed E-state index contributed by atoms with van der Waals surface area (Å²) in [6.45, 7) is 0. The third-order valence-corrected chi connectivity index (χ3v) is 3.59. The van der Waals surface area contributed by atoms with Crippen molar-refractivity contribution in [3.63, 3.8) is 0 Å². The molecule has 2 aromatic heterocycles. The number of carbonyl (C=O) groups excluding carboxylic acids is 1. The third kappa shape index (κ3) is 3.59. The molecule has 0 atom stereocenters. The zero-order valence-electron chi connectivity index (χ0n) is 14.1. The van der Waals surface area contributed by atoms with Crippen LogP contribution in [0.25, 0.3) is 11.3 Å². The summed E-state index contributed by atoms with van der Waals surface area (Å²) in [5.74, 6) is 0.0994. The first kappa shape index (κ1) is 17.3. The van der Waals surface area contributed by atoms with Gasteiger partial charge in [-0.1, -0.05) is 0 Å². The number of ether oxygens (including phenoxy) is 2. The molecule has 0 aliphatic carbocycles. The minimum Gasteiger partial charge on any atom is -0.497 e. The van der Waals surface area contributed by atoms with Crippen molar-refractivity contribution in [1.82, 2.24) is 15.0 Å². The van der Waals surface area contributed by atoms with E-state index in [9.17, 15) is 9.18 Å². The lowest BCUT2D eigenvalue weighted by Crippen LogP contribution is -2.15. The minimum atomic E-state index is -0.712. The van der Waals surface area contributed by atoms with Crippen molar-refractivity contribution < 1.29 is 18.7 Å². The SMILES string of the molecule is COc1ccc(OC)c(-c2cnc(NC(=O)c3ccncc3F)cn2)c1. The Morgan fingerprint density at radius 3 is 2.58 bits per heavy atom. The molecule has 0 aliphatic rings. The molecule has 0 unspecified atom stereocenters. The largest absolute Gasteiger partial charge is 0.497 e. The smallest absolute Gasteiger partial charge is 0.259 e. The second kappa shape index (κ2) is 7.56. The van der Waals surface area contributed by atoms with E-state index in [2.05, 4.69) is 20.3 Å². The number of halogens is 1. The predicted octanol–water partition coefficient (Wildman–Crippen LogP) is 2.95. The Labute approximate surface area is 148 Å². The Morgan fingerprint density at radius 1 is 1.08 bits per heavy atom. The number of amides is 1. The van der Waals surface area contributed by atoms with Gasteiger partial charge in [-0.05, 0) is 24.3 Å². The number of hydrogen-bond acceptors (Lipinski definition) is 6. The highest BCUT2D eigenvalue weighted by Crippen LogP contribution is 2.32. The monoisotopic (exact) mass is 354 g/mol. The second-order valence-corrected chi connectivity index (χ2v) is 5.16. The molecular weight excluding hydrogens is 339 g/mol. The molecule has 1 aromatic carbocycles. The molecule has 8 heteroatoms. The molecular formula is C18H15FN4O3. The Balaban J connectivity index is 1.83. The van der Waals surface area contributed by atoms with Gasteiger partial charge in [-0.25, -0.2) is 9.37 Å². The lowest BCUT2D eigenvalue weighted by Gasteiger charge is -2.10. The predicted molar refractivity (Wildman–Crippen MR) is 92.7 cm³/mol. The average Bonchev–Trinajstić information content (AvgIpc) is 2.68. The lowest BCUT2D eigenvalue weighted by molar-refractivity contribution is 0.102. The maximum Gasteiger partial charge on any atom is 0.259 e. The number of anilines is 1. The Kier molecular flexibility index (Phi) is 5.02. The second-order valence-electron chi connectivity index (χ2n) is 5.16. The molecule has 0 bridgehead atoms. The average molecular weight is 354 g/mol. The summed E-state index contributed by atoms with van der Waals surface area (Å²) in [5, 5.41) is 2.49. The maximum atomic E-state index is 13.6. The fourth-order valence-corrected chi connectivity index (χ4v) is 2.29. The first-order valence-electron chi connectivity index (χ1n) is 7.57. The fourth-order valence-electron chi connectivity index (χ4n) is 2.29. The Bertz CT molecular complexity index is 932. The van der Waals surface area contributed by atoms with Gasteiger partial charge >= 0.3 is 0 Å². The quantitative estimate of drug-likeness (QED) is 0.758. The van der Waals surface area contributed by atoms with E-state index in [0.29, 0.717) is 22.8 Å². The van der Waals surface area contributed by atoms with E-state index in [-0.39, 0.29) is 11.4 Å². The van der Waals surface area contributed by atoms with Crippen LogP contribution in [0.1, 0.15) is 10.4 Å². The molecule has 0 saturated heterocycles. The van der Waals surface area contributed by atoms with Crippen LogP contribution in [0.3, 0.4) is 0 Å². The summed E-state index contributed by atoms with van der Waals surface area (Å²) in [6, 6.07) is 6.59. The number of nitrogens with zero attached hydrogens (tertiary/aromatic N) is 3. The van der Waals surface area contributed by atoms with Gasteiger partial charge in [0.1, 0.15) is 11.5 Å². The molecule has 26 heavy (non-hydrogen) atoms. The van der Waals surface area contributed by atoms with Gasteiger partial charge in [-0.3, -0.25) is 14.8 Å². The van der Waals surface area contributed by atoms with Gasteiger partial charge in [-0.15, -0.1) is 0 Å². The Hall–Kier alpha value is -3.55.